The van der Waals surface area contributed by atoms with Gasteiger partial charge in [-0.3, -0.25) is 33.0 Å². The van der Waals surface area contributed by atoms with E-state index >= 15 is 0 Å². The van der Waals surface area contributed by atoms with Crippen LogP contribution in [0.15, 0.2) is 62.6 Å². The van der Waals surface area contributed by atoms with E-state index in [2.05, 4.69) is 15.9 Å². The number of imidazole rings is 1. The van der Waals surface area contributed by atoms with E-state index in [-0.39, 0.29) is 41.8 Å². The van der Waals surface area contributed by atoms with Crippen LogP contribution in [0.25, 0.3) is 11.2 Å². The van der Waals surface area contributed by atoms with Crippen LogP contribution in [0, 0.1) is 5.82 Å². The predicted octanol–water partition coefficient (Wildman–Crippen LogP) is 1.84. The first kappa shape index (κ1) is 27.1. The minimum Gasteiger partial charge on any atom is -0.340 e. The summed E-state index contributed by atoms with van der Waals surface area (Å²) in [5.74, 6) is -0.333. The summed E-state index contributed by atoms with van der Waals surface area (Å²) in [6.07, 6.45) is 0.107. The van der Waals surface area contributed by atoms with Crippen molar-refractivity contribution in [2.75, 3.05) is 36.0 Å². The Bertz CT molecular complexity index is 1790. The van der Waals surface area contributed by atoms with Crippen LogP contribution in [0.1, 0.15) is 12.0 Å². The molecule has 6 rings (SSSR count). The Kier molecular flexibility index (Phi) is 6.86. The number of carbonyl (C=O) groups is 2. The van der Waals surface area contributed by atoms with Crippen molar-refractivity contribution in [1.29, 1.82) is 0 Å². The number of imide groups is 1. The average Bonchev–Trinajstić information content (AvgIpc) is 3.49. The molecule has 0 N–H and O–H groups in total. The average molecular weight is 624 g/mol. The van der Waals surface area contributed by atoms with Gasteiger partial charge in [-0.05, 0) is 42.0 Å². The van der Waals surface area contributed by atoms with E-state index in [9.17, 15) is 23.6 Å². The lowest BCUT2D eigenvalue weighted by atomic mass is 10.1. The van der Waals surface area contributed by atoms with Crippen LogP contribution in [0.4, 0.5) is 16.0 Å². The fourth-order valence-electron chi connectivity index (χ4n) is 5.59. The Balaban J connectivity index is 1.29. The second-order valence-electron chi connectivity index (χ2n) is 10.3. The summed E-state index contributed by atoms with van der Waals surface area (Å²) in [5, 5.41) is 0. The zero-order chi connectivity index (χ0) is 29.0. The topological polar surface area (TPSA) is 106 Å². The summed E-state index contributed by atoms with van der Waals surface area (Å²) >= 11 is 3.38. The van der Waals surface area contributed by atoms with Crippen molar-refractivity contribution in [3.8, 4) is 0 Å². The number of hydrogen-bond donors (Lipinski definition) is 0. The first-order valence-electron chi connectivity index (χ1n) is 13.2. The molecule has 2 amide bonds. The van der Waals surface area contributed by atoms with Gasteiger partial charge in [0.15, 0.2) is 11.2 Å². The molecule has 0 spiro atoms. The predicted molar refractivity (Wildman–Crippen MR) is 155 cm³/mol. The fraction of sp³-hybridized carbons (Fsp3) is 0.321. The quantitative estimate of drug-likeness (QED) is 0.312. The van der Waals surface area contributed by atoms with Crippen molar-refractivity contribution in [3.63, 3.8) is 0 Å². The molecule has 2 aliphatic rings. The Morgan fingerprint density at radius 1 is 0.902 bits per heavy atom. The number of carbonyl (C=O) groups excluding carboxylic acids is 2. The lowest BCUT2D eigenvalue weighted by Gasteiger charge is -2.37. The second kappa shape index (κ2) is 10.4. The number of nitrogens with zero attached hydrogens (tertiary/aromatic N) is 7. The van der Waals surface area contributed by atoms with Gasteiger partial charge in [-0.2, -0.15) is 4.98 Å². The van der Waals surface area contributed by atoms with Crippen LogP contribution >= 0.6 is 15.9 Å². The van der Waals surface area contributed by atoms with Gasteiger partial charge in [0.1, 0.15) is 5.82 Å². The number of aryl methyl sites for hydroxylation is 1. The summed E-state index contributed by atoms with van der Waals surface area (Å²) in [6, 6.07) is 12.5. The molecular formula is C28H27BrFN7O4. The van der Waals surface area contributed by atoms with Gasteiger partial charge in [0.05, 0.1) is 24.7 Å². The summed E-state index contributed by atoms with van der Waals surface area (Å²) in [7, 11) is 3.00. The van der Waals surface area contributed by atoms with E-state index in [1.54, 1.807) is 48.0 Å². The molecule has 1 unspecified atom stereocenters. The molecule has 13 heteroatoms. The Labute approximate surface area is 242 Å². The van der Waals surface area contributed by atoms with Gasteiger partial charge in [-0.25, -0.2) is 14.1 Å². The second-order valence-corrected chi connectivity index (χ2v) is 11.2. The minimum absolute atomic E-state index is 0.107. The number of amides is 2. The van der Waals surface area contributed by atoms with Gasteiger partial charge in [-0.15, -0.1) is 0 Å². The van der Waals surface area contributed by atoms with Gasteiger partial charge in [0.2, 0.25) is 11.9 Å². The maximum absolute atomic E-state index is 13.6. The van der Waals surface area contributed by atoms with Crippen LogP contribution < -0.4 is 21.0 Å². The van der Waals surface area contributed by atoms with Crippen molar-refractivity contribution in [2.24, 2.45) is 14.1 Å². The zero-order valence-electron chi connectivity index (χ0n) is 22.5. The molecule has 2 aromatic heterocycles. The summed E-state index contributed by atoms with van der Waals surface area (Å²) in [5.41, 5.74) is 0.906. The monoisotopic (exact) mass is 623 g/mol. The third kappa shape index (κ3) is 4.68. The summed E-state index contributed by atoms with van der Waals surface area (Å²) < 4.78 is 18.6. The molecule has 11 nitrogen and oxygen atoms in total. The smallest absolute Gasteiger partial charge is 0.332 e. The third-order valence-corrected chi connectivity index (χ3v) is 8.36. The largest absolute Gasteiger partial charge is 0.340 e. The molecule has 2 aliphatic heterocycles. The number of benzene rings is 2. The van der Waals surface area contributed by atoms with Crippen LogP contribution in [0.3, 0.4) is 0 Å². The number of piperazine rings is 1. The van der Waals surface area contributed by atoms with Crippen molar-refractivity contribution in [3.05, 3.63) is 85.2 Å². The number of anilines is 2. The Morgan fingerprint density at radius 2 is 1.56 bits per heavy atom. The van der Waals surface area contributed by atoms with E-state index in [1.807, 2.05) is 9.80 Å². The van der Waals surface area contributed by atoms with Crippen LogP contribution in [0.2, 0.25) is 0 Å². The van der Waals surface area contributed by atoms with Gasteiger partial charge < -0.3 is 4.90 Å². The lowest BCUT2D eigenvalue weighted by molar-refractivity contribution is -0.123. The molecular weight excluding hydrogens is 597 g/mol. The van der Waals surface area contributed by atoms with E-state index in [4.69, 9.17) is 4.98 Å². The number of fused-ring (bicyclic) bond motifs is 1. The number of hydrogen-bond acceptors (Lipinski definition) is 7. The van der Waals surface area contributed by atoms with E-state index in [1.165, 1.54) is 28.6 Å². The third-order valence-electron chi connectivity index (χ3n) is 7.83. The van der Waals surface area contributed by atoms with Crippen molar-refractivity contribution < 1.29 is 14.0 Å². The van der Waals surface area contributed by atoms with E-state index in [0.29, 0.717) is 37.8 Å². The maximum atomic E-state index is 13.6. The molecule has 0 bridgehead atoms. The molecule has 0 saturated carbocycles. The van der Waals surface area contributed by atoms with Crippen molar-refractivity contribution in [1.82, 2.24) is 23.6 Å². The molecule has 1 atom stereocenters. The maximum Gasteiger partial charge on any atom is 0.332 e. The number of halogens is 2. The van der Waals surface area contributed by atoms with Crippen molar-refractivity contribution in [2.45, 2.75) is 19.0 Å². The highest BCUT2D eigenvalue weighted by Crippen LogP contribution is 2.29. The Hall–Kier alpha value is -4.10. The molecule has 0 radical (unpaired) electrons. The molecule has 212 valence electrons. The Morgan fingerprint density at radius 3 is 2.22 bits per heavy atom. The van der Waals surface area contributed by atoms with E-state index in [0.717, 1.165) is 14.6 Å². The van der Waals surface area contributed by atoms with Gasteiger partial charge in [0, 0.05) is 44.7 Å². The van der Waals surface area contributed by atoms with Crippen LogP contribution in [-0.4, -0.2) is 67.6 Å². The minimum atomic E-state index is -0.556. The highest BCUT2D eigenvalue weighted by molar-refractivity contribution is 9.10. The molecule has 4 heterocycles. The molecule has 0 aliphatic carbocycles. The summed E-state index contributed by atoms with van der Waals surface area (Å²) in [4.78, 5) is 62.0. The number of rotatable bonds is 5. The van der Waals surface area contributed by atoms with Gasteiger partial charge in [0.25, 0.3) is 11.5 Å². The zero-order valence-corrected chi connectivity index (χ0v) is 24.0. The molecule has 2 fully saturated rings. The van der Waals surface area contributed by atoms with Gasteiger partial charge >= 0.3 is 5.69 Å². The highest BCUT2D eigenvalue weighted by Gasteiger charge is 2.43. The normalized spacial score (nSPS) is 18.2. The molecule has 4 aromatic rings. The fourth-order valence-corrected chi connectivity index (χ4v) is 5.86. The molecule has 2 aromatic carbocycles. The van der Waals surface area contributed by atoms with Crippen LogP contribution in [0.5, 0.6) is 0 Å². The molecule has 2 saturated heterocycles. The van der Waals surface area contributed by atoms with Gasteiger partial charge in [-0.1, -0.05) is 28.1 Å². The lowest BCUT2D eigenvalue weighted by Crippen LogP contribution is -2.53. The first-order valence-corrected chi connectivity index (χ1v) is 14.0. The summed E-state index contributed by atoms with van der Waals surface area (Å²) in [6.45, 7) is 2.20. The highest BCUT2D eigenvalue weighted by atomic mass is 79.9. The first-order chi connectivity index (χ1) is 19.6. The van der Waals surface area contributed by atoms with Crippen molar-refractivity contribution >= 4 is 50.5 Å². The standard InChI is InChI=1S/C28H27BrFN7O4/c1-32-24-23(26(40)33(2)28(32)41)36(16-17-3-7-19(30)8-4-17)27(31-24)35-13-11-34(12-14-35)21-15-22(38)37(25(21)39)20-9-5-18(29)6-10-20/h3-10,21H,11-16H2,1-2H3. The number of aromatic nitrogens is 4. The van der Waals surface area contributed by atoms with E-state index < -0.39 is 17.3 Å². The SMILES string of the molecule is Cn1c(=O)c2c(nc(N3CCN(C4CC(=O)N(c5ccc(Br)cc5)C4=O)CC3)n2Cc2ccc(F)cc2)n(C)c1=O. The van der Waals surface area contributed by atoms with Crippen LogP contribution in [-0.2, 0) is 30.2 Å². The molecule has 41 heavy (non-hydrogen) atoms.